The van der Waals surface area contributed by atoms with Crippen LogP contribution in [0.5, 0.6) is 0 Å². The molecule has 27 heavy (non-hydrogen) atoms. The van der Waals surface area contributed by atoms with Crippen LogP contribution in [0.1, 0.15) is 4.88 Å². The summed E-state index contributed by atoms with van der Waals surface area (Å²) in [5.41, 5.74) is -0.0570. The second kappa shape index (κ2) is 8.14. The van der Waals surface area contributed by atoms with E-state index in [0.29, 0.717) is 16.3 Å². The second-order valence-corrected chi connectivity index (χ2v) is 9.29. The largest absolute Gasteiger partial charge is 0.339 e. The number of carbonyl (C=O) groups is 1. The fourth-order valence-electron chi connectivity index (χ4n) is 3.11. The molecule has 0 saturated carbocycles. The number of hydrogen-bond donors (Lipinski definition) is 0. The first kappa shape index (κ1) is 18.7. The Balaban J connectivity index is 1.32. The van der Waals surface area contributed by atoms with E-state index < -0.39 is 0 Å². The zero-order chi connectivity index (χ0) is 18.8. The molecule has 0 unspecified atom stereocenters. The molecule has 4 rings (SSSR count). The quantitative estimate of drug-likeness (QED) is 0.469. The van der Waals surface area contributed by atoms with Crippen molar-refractivity contribution in [2.45, 2.75) is 11.7 Å². The highest BCUT2D eigenvalue weighted by atomic mass is 32.2. The SMILES string of the molecule is Cn1c(SCC(=O)N2CCN(Cc3cccs3)CC2)nc2sccc2c1=O. The molecule has 1 amide bonds. The third-order valence-corrected chi connectivity index (χ3v) is 7.36. The highest BCUT2D eigenvalue weighted by Crippen LogP contribution is 2.21. The molecule has 0 atom stereocenters. The van der Waals surface area contributed by atoms with Crippen LogP contribution < -0.4 is 5.56 Å². The van der Waals surface area contributed by atoms with Gasteiger partial charge in [-0.3, -0.25) is 19.1 Å². The zero-order valence-corrected chi connectivity index (χ0v) is 17.4. The van der Waals surface area contributed by atoms with Gasteiger partial charge in [-0.15, -0.1) is 22.7 Å². The Morgan fingerprint density at radius 3 is 2.74 bits per heavy atom. The van der Waals surface area contributed by atoms with Gasteiger partial charge in [-0.05, 0) is 22.9 Å². The maximum atomic E-state index is 12.6. The summed E-state index contributed by atoms with van der Waals surface area (Å²) < 4.78 is 1.53. The predicted octanol–water partition coefficient (Wildman–Crippen LogP) is 2.49. The number of carbonyl (C=O) groups excluding carboxylic acids is 1. The number of thiophene rings is 2. The lowest BCUT2D eigenvalue weighted by molar-refractivity contribution is -0.130. The van der Waals surface area contributed by atoms with Crippen molar-refractivity contribution < 1.29 is 4.79 Å². The van der Waals surface area contributed by atoms with Gasteiger partial charge >= 0.3 is 0 Å². The Kier molecular flexibility index (Phi) is 5.63. The molecule has 4 heterocycles. The van der Waals surface area contributed by atoms with Gasteiger partial charge in [-0.25, -0.2) is 4.98 Å². The van der Waals surface area contributed by atoms with E-state index in [1.807, 2.05) is 10.3 Å². The highest BCUT2D eigenvalue weighted by molar-refractivity contribution is 7.99. The van der Waals surface area contributed by atoms with Gasteiger partial charge in [-0.1, -0.05) is 17.8 Å². The molecule has 1 aliphatic heterocycles. The van der Waals surface area contributed by atoms with Crippen LogP contribution in [0.15, 0.2) is 38.9 Å². The van der Waals surface area contributed by atoms with Crippen molar-refractivity contribution >= 4 is 50.6 Å². The Labute approximate surface area is 169 Å². The summed E-state index contributed by atoms with van der Waals surface area (Å²) in [6, 6.07) is 6.02. The summed E-state index contributed by atoms with van der Waals surface area (Å²) in [5.74, 6) is 0.415. The minimum Gasteiger partial charge on any atom is -0.339 e. The summed E-state index contributed by atoms with van der Waals surface area (Å²) in [7, 11) is 1.71. The van der Waals surface area contributed by atoms with Gasteiger partial charge in [0.2, 0.25) is 5.91 Å². The minimum absolute atomic E-state index is 0.0570. The van der Waals surface area contributed by atoms with Crippen molar-refractivity contribution in [3.8, 4) is 0 Å². The third-order valence-electron chi connectivity index (χ3n) is 4.67. The maximum absolute atomic E-state index is 12.6. The van der Waals surface area contributed by atoms with E-state index in [1.54, 1.807) is 24.5 Å². The Bertz CT molecular complexity index is 988. The van der Waals surface area contributed by atoms with Gasteiger partial charge in [-0.2, -0.15) is 0 Å². The molecule has 0 spiro atoms. The summed E-state index contributed by atoms with van der Waals surface area (Å²) >= 11 is 4.57. The molecule has 0 aliphatic carbocycles. The number of thioether (sulfide) groups is 1. The van der Waals surface area contributed by atoms with E-state index >= 15 is 0 Å². The second-order valence-electron chi connectivity index (χ2n) is 6.42. The molecule has 3 aromatic heterocycles. The van der Waals surface area contributed by atoms with Crippen LogP contribution in [0.2, 0.25) is 0 Å². The van der Waals surface area contributed by atoms with E-state index in [4.69, 9.17) is 0 Å². The molecule has 142 valence electrons. The first-order valence-corrected chi connectivity index (χ1v) is 11.5. The molecule has 9 heteroatoms. The number of fused-ring (bicyclic) bond motifs is 1. The van der Waals surface area contributed by atoms with Crippen LogP contribution in [0.3, 0.4) is 0 Å². The molecule has 0 N–H and O–H groups in total. The molecule has 1 fully saturated rings. The normalized spacial score (nSPS) is 15.5. The van der Waals surface area contributed by atoms with Crippen molar-refractivity contribution in [3.05, 3.63) is 44.2 Å². The molecule has 0 radical (unpaired) electrons. The number of rotatable bonds is 5. The Morgan fingerprint density at radius 2 is 2.00 bits per heavy atom. The number of piperazine rings is 1. The van der Waals surface area contributed by atoms with E-state index in [-0.39, 0.29) is 11.5 Å². The Hall–Kier alpha value is -1.68. The van der Waals surface area contributed by atoms with Gasteiger partial charge in [0, 0.05) is 44.6 Å². The fourth-order valence-corrected chi connectivity index (χ4v) is 5.53. The van der Waals surface area contributed by atoms with Crippen LogP contribution in [0.25, 0.3) is 10.2 Å². The summed E-state index contributed by atoms with van der Waals surface area (Å²) in [6.07, 6.45) is 0. The number of aromatic nitrogens is 2. The van der Waals surface area contributed by atoms with Crippen molar-refractivity contribution in [2.24, 2.45) is 7.05 Å². The average molecular weight is 421 g/mol. The van der Waals surface area contributed by atoms with Crippen LogP contribution >= 0.6 is 34.4 Å². The van der Waals surface area contributed by atoms with Crippen molar-refractivity contribution in [1.82, 2.24) is 19.4 Å². The van der Waals surface area contributed by atoms with Crippen molar-refractivity contribution in [3.63, 3.8) is 0 Å². The summed E-state index contributed by atoms with van der Waals surface area (Å²) in [4.78, 5) is 35.9. The first-order valence-electron chi connectivity index (χ1n) is 8.71. The minimum atomic E-state index is -0.0570. The first-order chi connectivity index (χ1) is 13.1. The molecule has 0 bridgehead atoms. The van der Waals surface area contributed by atoms with Gasteiger partial charge in [0.25, 0.3) is 5.56 Å². The fraction of sp³-hybridized carbons (Fsp3) is 0.389. The van der Waals surface area contributed by atoms with E-state index in [9.17, 15) is 9.59 Å². The van der Waals surface area contributed by atoms with Gasteiger partial charge in [0.1, 0.15) is 4.83 Å². The lowest BCUT2D eigenvalue weighted by Crippen LogP contribution is -2.48. The lowest BCUT2D eigenvalue weighted by Gasteiger charge is -2.34. The van der Waals surface area contributed by atoms with Crippen LogP contribution in [0.4, 0.5) is 0 Å². The number of amides is 1. The van der Waals surface area contributed by atoms with Crippen LogP contribution in [0, 0.1) is 0 Å². The lowest BCUT2D eigenvalue weighted by atomic mass is 10.3. The number of nitrogens with zero attached hydrogens (tertiary/aromatic N) is 4. The van der Waals surface area contributed by atoms with E-state index in [1.165, 1.54) is 32.5 Å². The smallest absolute Gasteiger partial charge is 0.262 e. The molecule has 1 saturated heterocycles. The maximum Gasteiger partial charge on any atom is 0.262 e. The molecule has 1 aliphatic rings. The van der Waals surface area contributed by atoms with Crippen LogP contribution in [-0.4, -0.2) is 57.2 Å². The third kappa shape index (κ3) is 4.11. The molecular weight excluding hydrogens is 400 g/mol. The van der Waals surface area contributed by atoms with Crippen molar-refractivity contribution in [1.29, 1.82) is 0 Å². The van der Waals surface area contributed by atoms with E-state index in [2.05, 4.69) is 27.4 Å². The predicted molar refractivity (Wildman–Crippen MR) is 112 cm³/mol. The molecule has 6 nitrogen and oxygen atoms in total. The molecule has 0 aromatic carbocycles. The van der Waals surface area contributed by atoms with Gasteiger partial charge in [0.05, 0.1) is 11.1 Å². The van der Waals surface area contributed by atoms with Crippen molar-refractivity contribution in [2.75, 3.05) is 31.9 Å². The molecular formula is C18H20N4O2S3. The summed E-state index contributed by atoms with van der Waals surface area (Å²) in [6.45, 7) is 4.25. The number of hydrogen-bond acceptors (Lipinski definition) is 7. The van der Waals surface area contributed by atoms with Gasteiger partial charge in [0.15, 0.2) is 5.16 Å². The standard InChI is InChI=1S/C18H20N4O2S3/c1-20-17(24)14-4-10-26-16(14)19-18(20)27-12-15(23)22-7-5-21(6-8-22)11-13-3-2-9-25-13/h2-4,9-10H,5-8,11-12H2,1H3. The monoisotopic (exact) mass is 420 g/mol. The molecule has 3 aromatic rings. The highest BCUT2D eigenvalue weighted by Gasteiger charge is 2.22. The summed E-state index contributed by atoms with van der Waals surface area (Å²) in [5, 5.41) is 5.20. The Morgan fingerprint density at radius 1 is 1.19 bits per heavy atom. The van der Waals surface area contributed by atoms with Gasteiger partial charge < -0.3 is 4.90 Å². The van der Waals surface area contributed by atoms with Crippen LogP contribution in [-0.2, 0) is 18.4 Å². The topological polar surface area (TPSA) is 58.4 Å². The zero-order valence-electron chi connectivity index (χ0n) is 15.0. The van der Waals surface area contributed by atoms with E-state index in [0.717, 1.165) is 37.6 Å². The average Bonchev–Trinajstić information content (AvgIpc) is 3.35.